The number of benzene rings is 1. The Balaban J connectivity index is 3.25. The van der Waals surface area contributed by atoms with Gasteiger partial charge in [0.05, 0.1) is 0 Å². The molecule has 0 spiro atoms. The van der Waals surface area contributed by atoms with E-state index in [4.69, 9.17) is 6.92 Å². The minimum absolute atomic E-state index is 0.239. The minimum atomic E-state index is -0.820. The molecule has 0 heterocycles. The van der Waals surface area contributed by atoms with E-state index in [1.54, 1.807) is 0 Å². The van der Waals surface area contributed by atoms with E-state index in [-0.39, 0.29) is 6.42 Å². The smallest absolute Gasteiger partial charge is 0.161 e. The van der Waals surface area contributed by atoms with Gasteiger partial charge in [0.25, 0.3) is 0 Å². The summed E-state index contributed by atoms with van der Waals surface area (Å²) in [6.45, 7) is 6.79. The molecule has 0 amide bonds. The highest BCUT2D eigenvalue weighted by molar-refractivity contribution is 5.28. The fourth-order valence-electron chi connectivity index (χ4n) is 0.913. The summed E-state index contributed by atoms with van der Waals surface area (Å²) >= 11 is 0. The lowest BCUT2D eigenvalue weighted by atomic mass is 10.1. The van der Waals surface area contributed by atoms with Crippen LogP contribution in [0.1, 0.15) is 11.1 Å². The molecule has 58 valence electrons. The molecule has 2 heteroatoms. The molecule has 0 N–H and O–H groups in total. The molecule has 0 fully saturated rings. The van der Waals surface area contributed by atoms with E-state index in [0.29, 0.717) is 11.1 Å². The molecule has 1 rings (SSSR count). The zero-order valence-corrected chi connectivity index (χ0v) is 6.20. The zero-order chi connectivity index (χ0) is 8.43. The third-order valence-corrected chi connectivity index (χ3v) is 1.67. The van der Waals surface area contributed by atoms with Crippen molar-refractivity contribution in [2.75, 3.05) is 0 Å². The van der Waals surface area contributed by atoms with Crippen LogP contribution in [0.25, 0.3) is 0 Å². The van der Waals surface area contributed by atoms with Crippen molar-refractivity contribution in [1.82, 2.24) is 0 Å². The second-order valence-electron chi connectivity index (χ2n) is 2.35. The predicted molar refractivity (Wildman–Crippen MR) is 39.1 cm³/mol. The Hall–Kier alpha value is -0.920. The van der Waals surface area contributed by atoms with Crippen molar-refractivity contribution in [2.24, 2.45) is 0 Å². The van der Waals surface area contributed by atoms with Gasteiger partial charge in [-0.2, -0.15) is 0 Å². The summed E-state index contributed by atoms with van der Waals surface area (Å²) in [5.41, 5.74) is 0.941. The molecular weight excluding hydrogens is 146 g/mol. The van der Waals surface area contributed by atoms with Crippen LogP contribution in [-0.2, 0) is 6.42 Å². The molecule has 2 radical (unpaired) electrons. The maximum absolute atomic E-state index is 12.7. The van der Waals surface area contributed by atoms with Crippen molar-refractivity contribution in [2.45, 2.75) is 13.3 Å². The summed E-state index contributed by atoms with van der Waals surface area (Å²) in [5, 5.41) is 0. The summed E-state index contributed by atoms with van der Waals surface area (Å²) in [6, 6.07) is 2.58. The van der Waals surface area contributed by atoms with Gasteiger partial charge in [0.2, 0.25) is 0 Å². The van der Waals surface area contributed by atoms with Crippen LogP contribution in [0.15, 0.2) is 12.1 Å². The molecule has 1 aromatic rings. The standard InChI is InChI=1S/C9H8F2/c1-3-7-4-5-8(10)9(11)6(7)2/h1,4-5H,3H2,2H3. The number of hydrogen-bond acceptors (Lipinski definition) is 0. The molecule has 11 heavy (non-hydrogen) atoms. The molecule has 1 aromatic carbocycles. The van der Waals surface area contributed by atoms with Gasteiger partial charge in [-0.15, -0.1) is 0 Å². The van der Waals surface area contributed by atoms with E-state index >= 15 is 0 Å². The number of halogens is 2. The van der Waals surface area contributed by atoms with Gasteiger partial charge in [-0.05, 0) is 37.5 Å². The Morgan fingerprint density at radius 2 is 2.00 bits per heavy atom. The van der Waals surface area contributed by atoms with Crippen molar-refractivity contribution < 1.29 is 8.78 Å². The second-order valence-corrected chi connectivity index (χ2v) is 2.35. The van der Waals surface area contributed by atoms with Gasteiger partial charge in [-0.1, -0.05) is 6.07 Å². The Kier molecular flexibility index (Phi) is 2.22. The third kappa shape index (κ3) is 1.39. The second kappa shape index (κ2) is 2.99. The number of hydrogen-bond donors (Lipinski definition) is 0. The van der Waals surface area contributed by atoms with E-state index in [1.807, 2.05) is 0 Å². The van der Waals surface area contributed by atoms with E-state index in [2.05, 4.69) is 0 Å². The van der Waals surface area contributed by atoms with E-state index in [0.717, 1.165) is 6.07 Å². The number of rotatable bonds is 1. The van der Waals surface area contributed by atoms with Crippen molar-refractivity contribution in [3.8, 4) is 0 Å². The summed E-state index contributed by atoms with van der Waals surface area (Å²) in [4.78, 5) is 0. The first-order chi connectivity index (χ1) is 5.16. The van der Waals surface area contributed by atoms with Crippen LogP contribution < -0.4 is 0 Å². The maximum atomic E-state index is 12.7. The SMILES string of the molecule is [CH]Cc1ccc(F)c(F)c1C. The van der Waals surface area contributed by atoms with Crippen LogP contribution in [0.4, 0.5) is 8.78 Å². The Morgan fingerprint density at radius 1 is 1.36 bits per heavy atom. The maximum Gasteiger partial charge on any atom is 0.161 e. The van der Waals surface area contributed by atoms with Crippen LogP contribution in [0.2, 0.25) is 0 Å². The summed E-state index contributed by atoms with van der Waals surface area (Å²) < 4.78 is 25.2. The van der Waals surface area contributed by atoms with Crippen molar-refractivity contribution in [3.05, 3.63) is 41.8 Å². The van der Waals surface area contributed by atoms with Crippen molar-refractivity contribution in [3.63, 3.8) is 0 Å². The van der Waals surface area contributed by atoms with Gasteiger partial charge < -0.3 is 0 Å². The normalized spacial score (nSPS) is 10.2. The highest BCUT2D eigenvalue weighted by Crippen LogP contribution is 2.15. The Morgan fingerprint density at radius 3 is 2.55 bits per heavy atom. The molecule has 0 aliphatic rings. The zero-order valence-electron chi connectivity index (χ0n) is 6.20. The van der Waals surface area contributed by atoms with Crippen LogP contribution >= 0.6 is 0 Å². The van der Waals surface area contributed by atoms with Gasteiger partial charge >= 0.3 is 0 Å². The van der Waals surface area contributed by atoms with Crippen molar-refractivity contribution >= 4 is 0 Å². The van der Waals surface area contributed by atoms with Crippen LogP contribution in [0.5, 0.6) is 0 Å². The molecule has 0 nitrogen and oxygen atoms in total. The van der Waals surface area contributed by atoms with Gasteiger partial charge in [0, 0.05) is 0 Å². The quantitative estimate of drug-likeness (QED) is 0.583. The highest BCUT2D eigenvalue weighted by atomic mass is 19.2. The lowest BCUT2D eigenvalue weighted by Crippen LogP contribution is -1.94. The van der Waals surface area contributed by atoms with Gasteiger partial charge in [0.15, 0.2) is 11.6 Å². The van der Waals surface area contributed by atoms with Crippen LogP contribution in [-0.4, -0.2) is 0 Å². The average Bonchev–Trinajstić information content (AvgIpc) is 2.01. The van der Waals surface area contributed by atoms with Gasteiger partial charge in [-0.25, -0.2) is 8.78 Å². The third-order valence-electron chi connectivity index (χ3n) is 1.67. The summed E-state index contributed by atoms with van der Waals surface area (Å²) in [6.07, 6.45) is 0.239. The van der Waals surface area contributed by atoms with E-state index in [9.17, 15) is 8.78 Å². The molecule has 0 aliphatic heterocycles. The first kappa shape index (κ1) is 8.18. The average molecular weight is 154 g/mol. The first-order valence-corrected chi connectivity index (χ1v) is 3.30. The molecule has 0 aromatic heterocycles. The highest BCUT2D eigenvalue weighted by Gasteiger charge is 2.07. The monoisotopic (exact) mass is 154 g/mol. The molecule has 0 unspecified atom stereocenters. The van der Waals surface area contributed by atoms with E-state index < -0.39 is 11.6 Å². The molecule has 0 aliphatic carbocycles. The van der Waals surface area contributed by atoms with Gasteiger partial charge in [0.1, 0.15) is 0 Å². The largest absolute Gasteiger partial charge is 0.204 e. The topological polar surface area (TPSA) is 0 Å². The summed E-state index contributed by atoms with van der Waals surface area (Å²) in [7, 11) is 0. The molecule has 0 saturated carbocycles. The fourth-order valence-corrected chi connectivity index (χ4v) is 0.913. The van der Waals surface area contributed by atoms with Crippen LogP contribution in [0.3, 0.4) is 0 Å². The molecule has 0 bridgehead atoms. The lowest BCUT2D eigenvalue weighted by Gasteiger charge is -2.03. The van der Waals surface area contributed by atoms with Crippen LogP contribution in [0, 0.1) is 25.5 Å². The molecular formula is C9H8F2. The molecule has 0 saturated heterocycles. The predicted octanol–water partition coefficient (Wildman–Crippen LogP) is 2.53. The Bertz CT molecular complexity index is 267. The summed E-state index contributed by atoms with van der Waals surface area (Å²) in [5.74, 6) is -1.62. The first-order valence-electron chi connectivity index (χ1n) is 3.30. The Labute approximate surface area is 64.9 Å². The van der Waals surface area contributed by atoms with Crippen molar-refractivity contribution in [1.29, 1.82) is 0 Å². The lowest BCUT2D eigenvalue weighted by molar-refractivity contribution is 0.501. The minimum Gasteiger partial charge on any atom is -0.204 e. The fraction of sp³-hybridized carbons (Fsp3) is 0.222. The van der Waals surface area contributed by atoms with E-state index in [1.165, 1.54) is 13.0 Å². The van der Waals surface area contributed by atoms with Gasteiger partial charge in [-0.3, -0.25) is 0 Å². The molecule has 0 atom stereocenters.